The first-order chi connectivity index (χ1) is 9.60. The van der Waals surface area contributed by atoms with Crippen molar-refractivity contribution >= 4 is 29.7 Å². The van der Waals surface area contributed by atoms with Crippen molar-refractivity contribution in [2.45, 2.75) is 13.0 Å². The number of nitrogens with zero attached hydrogens (tertiary/aromatic N) is 2. The maximum atomic E-state index is 12.8. The largest absolute Gasteiger partial charge is 0.340 e. The van der Waals surface area contributed by atoms with E-state index in [4.69, 9.17) is 5.73 Å². The van der Waals surface area contributed by atoms with Crippen LogP contribution in [0.25, 0.3) is 0 Å². The van der Waals surface area contributed by atoms with E-state index in [2.05, 4.69) is 4.98 Å². The maximum Gasteiger partial charge on any atom is 0.273 e. The average Bonchev–Trinajstić information content (AvgIpc) is 2.94. The molecule has 0 aliphatic carbocycles. The van der Waals surface area contributed by atoms with Gasteiger partial charge in [-0.25, -0.2) is 9.37 Å². The molecule has 1 amide bonds. The summed E-state index contributed by atoms with van der Waals surface area (Å²) in [6, 6.07) is 6.29. The van der Waals surface area contributed by atoms with E-state index in [1.807, 2.05) is 0 Å². The second-order valence-corrected chi connectivity index (χ2v) is 5.38. The number of rotatable bonds is 5. The summed E-state index contributed by atoms with van der Waals surface area (Å²) in [5, 5.41) is 2.47. The number of amides is 1. The molecular weight excluding hydrogens is 313 g/mol. The summed E-state index contributed by atoms with van der Waals surface area (Å²) in [5.74, 6) is -0.377. The van der Waals surface area contributed by atoms with Crippen molar-refractivity contribution in [1.82, 2.24) is 9.88 Å². The smallest absolute Gasteiger partial charge is 0.273 e. The zero-order valence-electron chi connectivity index (χ0n) is 11.6. The zero-order chi connectivity index (χ0) is 14.5. The molecule has 114 valence electrons. The van der Waals surface area contributed by atoms with Crippen LogP contribution in [0.1, 0.15) is 21.1 Å². The standard InChI is InChI=1S/C14H16FN3OS.ClH/c1-18(7-6-10-2-4-11(15)5-3-10)14(19)12-9-20-13(8-16)17-12;/h2-5,9H,6-8,16H2,1H3;1H. The molecule has 0 spiro atoms. The van der Waals surface area contributed by atoms with Gasteiger partial charge in [-0.15, -0.1) is 23.7 Å². The zero-order valence-corrected chi connectivity index (χ0v) is 13.2. The predicted molar refractivity (Wildman–Crippen MR) is 84.3 cm³/mol. The summed E-state index contributed by atoms with van der Waals surface area (Å²) >= 11 is 1.39. The molecule has 0 aliphatic rings. The highest BCUT2D eigenvalue weighted by Crippen LogP contribution is 2.11. The summed E-state index contributed by atoms with van der Waals surface area (Å²) < 4.78 is 12.8. The average molecular weight is 330 g/mol. The normalized spacial score (nSPS) is 10.0. The molecule has 1 aromatic carbocycles. The Morgan fingerprint density at radius 2 is 2.05 bits per heavy atom. The first-order valence-corrected chi connectivity index (χ1v) is 7.12. The minimum absolute atomic E-state index is 0. The molecule has 1 heterocycles. The lowest BCUT2D eigenvalue weighted by atomic mass is 10.1. The number of aromatic nitrogens is 1. The van der Waals surface area contributed by atoms with Crippen LogP contribution < -0.4 is 5.73 Å². The second kappa shape index (κ2) is 8.07. The number of hydrogen-bond donors (Lipinski definition) is 1. The van der Waals surface area contributed by atoms with Crippen LogP contribution in [0.15, 0.2) is 29.6 Å². The van der Waals surface area contributed by atoms with Crippen molar-refractivity contribution in [2.24, 2.45) is 5.73 Å². The molecule has 2 aromatic rings. The van der Waals surface area contributed by atoms with E-state index in [0.29, 0.717) is 25.2 Å². The van der Waals surface area contributed by atoms with Gasteiger partial charge in [-0.3, -0.25) is 4.79 Å². The topological polar surface area (TPSA) is 59.2 Å². The van der Waals surface area contributed by atoms with E-state index >= 15 is 0 Å². The van der Waals surface area contributed by atoms with Crippen molar-refractivity contribution < 1.29 is 9.18 Å². The molecule has 1 aromatic heterocycles. The second-order valence-electron chi connectivity index (χ2n) is 4.43. The third kappa shape index (κ3) is 4.77. The minimum Gasteiger partial charge on any atom is -0.340 e. The van der Waals surface area contributed by atoms with Crippen LogP contribution in [-0.4, -0.2) is 29.4 Å². The molecule has 0 unspecified atom stereocenters. The number of hydrogen-bond acceptors (Lipinski definition) is 4. The molecule has 0 atom stereocenters. The van der Waals surface area contributed by atoms with Crippen molar-refractivity contribution in [3.05, 3.63) is 51.7 Å². The Hall–Kier alpha value is -1.50. The summed E-state index contributed by atoms with van der Waals surface area (Å²) in [5.41, 5.74) is 6.90. The Labute approximate surface area is 133 Å². The van der Waals surface area contributed by atoms with Crippen LogP contribution in [0.4, 0.5) is 4.39 Å². The van der Waals surface area contributed by atoms with Crippen LogP contribution in [0, 0.1) is 5.82 Å². The predicted octanol–water partition coefficient (Wildman–Crippen LogP) is 2.48. The Morgan fingerprint density at radius 1 is 1.38 bits per heavy atom. The molecule has 7 heteroatoms. The molecule has 0 saturated heterocycles. The van der Waals surface area contributed by atoms with Gasteiger partial charge in [0, 0.05) is 25.5 Å². The molecule has 2 N–H and O–H groups in total. The number of likely N-dealkylation sites (N-methyl/N-ethyl adjacent to an activating group) is 1. The van der Waals surface area contributed by atoms with Gasteiger partial charge in [0.25, 0.3) is 5.91 Å². The molecule has 0 saturated carbocycles. The molecule has 0 fully saturated rings. The van der Waals surface area contributed by atoms with Crippen LogP contribution in [0.2, 0.25) is 0 Å². The quantitative estimate of drug-likeness (QED) is 0.916. The van der Waals surface area contributed by atoms with Gasteiger partial charge in [0.1, 0.15) is 16.5 Å². The van der Waals surface area contributed by atoms with Gasteiger partial charge < -0.3 is 10.6 Å². The lowest BCUT2D eigenvalue weighted by Crippen LogP contribution is -2.29. The van der Waals surface area contributed by atoms with E-state index in [0.717, 1.165) is 10.6 Å². The fourth-order valence-corrected chi connectivity index (χ4v) is 2.40. The van der Waals surface area contributed by atoms with Crippen molar-refractivity contribution in [3.63, 3.8) is 0 Å². The van der Waals surface area contributed by atoms with Gasteiger partial charge >= 0.3 is 0 Å². The van der Waals surface area contributed by atoms with Gasteiger partial charge in [-0.2, -0.15) is 0 Å². The molecule has 0 aliphatic heterocycles. The van der Waals surface area contributed by atoms with E-state index in [9.17, 15) is 9.18 Å². The Balaban J connectivity index is 0.00000220. The Bertz CT molecular complexity index is 588. The summed E-state index contributed by atoms with van der Waals surface area (Å²) in [4.78, 5) is 17.9. The molecular formula is C14H17ClFN3OS. The Morgan fingerprint density at radius 3 is 2.62 bits per heavy atom. The molecule has 4 nitrogen and oxygen atoms in total. The summed E-state index contributed by atoms with van der Waals surface area (Å²) in [6.07, 6.45) is 0.677. The van der Waals surface area contributed by atoms with Gasteiger partial charge in [0.05, 0.1) is 0 Å². The highest BCUT2D eigenvalue weighted by Gasteiger charge is 2.14. The lowest BCUT2D eigenvalue weighted by Gasteiger charge is -2.15. The number of carbonyl (C=O) groups excluding carboxylic acids is 1. The fraction of sp³-hybridized carbons (Fsp3) is 0.286. The van der Waals surface area contributed by atoms with E-state index in [1.165, 1.54) is 23.5 Å². The number of carbonyl (C=O) groups is 1. The number of halogens is 2. The SMILES string of the molecule is CN(CCc1ccc(F)cc1)C(=O)c1csc(CN)n1.Cl. The maximum absolute atomic E-state index is 12.8. The Kier molecular flexibility index (Phi) is 6.74. The first kappa shape index (κ1) is 17.6. The van der Waals surface area contributed by atoms with E-state index in [-0.39, 0.29) is 24.1 Å². The van der Waals surface area contributed by atoms with Crippen LogP contribution >= 0.6 is 23.7 Å². The fourth-order valence-electron chi connectivity index (χ4n) is 1.75. The van der Waals surface area contributed by atoms with Gasteiger partial charge in [-0.05, 0) is 24.1 Å². The van der Waals surface area contributed by atoms with Crippen LogP contribution in [0.5, 0.6) is 0 Å². The first-order valence-electron chi connectivity index (χ1n) is 6.24. The lowest BCUT2D eigenvalue weighted by molar-refractivity contribution is 0.0791. The molecule has 0 radical (unpaired) electrons. The third-order valence-corrected chi connectivity index (χ3v) is 3.81. The molecule has 21 heavy (non-hydrogen) atoms. The third-order valence-electron chi connectivity index (χ3n) is 2.94. The molecule has 0 bridgehead atoms. The highest BCUT2D eigenvalue weighted by atomic mass is 35.5. The van der Waals surface area contributed by atoms with E-state index < -0.39 is 0 Å². The summed E-state index contributed by atoms with van der Waals surface area (Å²) in [6.45, 7) is 0.900. The van der Waals surface area contributed by atoms with Crippen LogP contribution in [-0.2, 0) is 13.0 Å². The van der Waals surface area contributed by atoms with E-state index in [1.54, 1.807) is 29.5 Å². The van der Waals surface area contributed by atoms with Crippen molar-refractivity contribution in [1.29, 1.82) is 0 Å². The number of benzene rings is 1. The molecule has 2 rings (SSSR count). The monoisotopic (exact) mass is 329 g/mol. The highest BCUT2D eigenvalue weighted by molar-refractivity contribution is 7.09. The van der Waals surface area contributed by atoms with Gasteiger partial charge in [0.15, 0.2) is 0 Å². The van der Waals surface area contributed by atoms with Crippen molar-refractivity contribution in [2.75, 3.05) is 13.6 Å². The number of nitrogens with two attached hydrogens (primary N) is 1. The summed E-state index contributed by atoms with van der Waals surface area (Å²) in [7, 11) is 1.73. The van der Waals surface area contributed by atoms with Gasteiger partial charge in [0.2, 0.25) is 0 Å². The van der Waals surface area contributed by atoms with Gasteiger partial charge in [-0.1, -0.05) is 12.1 Å². The number of thiazole rings is 1. The minimum atomic E-state index is -0.255. The van der Waals surface area contributed by atoms with Crippen LogP contribution in [0.3, 0.4) is 0 Å². The van der Waals surface area contributed by atoms with Crippen molar-refractivity contribution in [3.8, 4) is 0 Å².